The van der Waals surface area contributed by atoms with Crippen LogP contribution in [0, 0.1) is 6.92 Å². The van der Waals surface area contributed by atoms with Gasteiger partial charge in [-0.2, -0.15) is 0 Å². The third-order valence-corrected chi connectivity index (χ3v) is 8.40. The number of carboxylic acid groups (broad SMARTS) is 1. The zero-order chi connectivity index (χ0) is 26.6. The van der Waals surface area contributed by atoms with Crippen LogP contribution in [0.25, 0.3) is 22.3 Å². The summed E-state index contributed by atoms with van der Waals surface area (Å²) in [7, 11) is 0. The minimum Gasteiger partial charge on any atom is -0.481 e. The summed E-state index contributed by atoms with van der Waals surface area (Å²) in [6.45, 7) is 4.47. The molecule has 1 spiro atoms. The van der Waals surface area contributed by atoms with Gasteiger partial charge in [-0.05, 0) is 83.5 Å². The molecule has 0 bridgehead atoms. The average molecular weight is 523 g/mol. The molecule has 1 aromatic heterocycles. The normalized spacial score (nSPS) is 19.6. The number of hydrogen-bond donors (Lipinski definition) is 1. The van der Waals surface area contributed by atoms with Gasteiger partial charge in [0, 0.05) is 36.1 Å². The second kappa shape index (κ2) is 9.10. The molecular weight excluding hydrogens is 496 g/mol. The summed E-state index contributed by atoms with van der Waals surface area (Å²) in [6, 6.07) is 22.2. The molecule has 1 N–H and O–H groups in total. The molecule has 38 heavy (non-hydrogen) atoms. The van der Waals surface area contributed by atoms with Crippen LogP contribution in [0.5, 0.6) is 0 Å². The monoisotopic (exact) mass is 522 g/mol. The summed E-state index contributed by atoms with van der Waals surface area (Å²) in [5.74, 6) is -0.757. The number of aliphatic carboxylic acids is 1. The summed E-state index contributed by atoms with van der Waals surface area (Å²) in [5.41, 5.74) is 8.07. The maximum Gasteiger partial charge on any atom is 0.307 e. The van der Waals surface area contributed by atoms with Crippen LogP contribution in [0.4, 0.5) is 5.69 Å². The first-order valence-corrected chi connectivity index (χ1v) is 13.2. The van der Waals surface area contributed by atoms with Gasteiger partial charge in [-0.15, -0.1) is 0 Å². The molecule has 1 aliphatic heterocycles. The van der Waals surface area contributed by atoms with E-state index >= 15 is 0 Å². The first-order chi connectivity index (χ1) is 18.3. The van der Waals surface area contributed by atoms with Gasteiger partial charge in [0.25, 0.3) is 0 Å². The SMILES string of the molecule is CCN1C(=O)C2(CC2c2ccc(C)c(CC(=O)O)c2)c2cc(-c3ccc(-c4ccncc4)cc3)c(Cl)cc21. The highest BCUT2D eigenvalue weighted by Gasteiger charge is 2.67. The number of halogens is 1. The predicted molar refractivity (Wildman–Crippen MR) is 150 cm³/mol. The molecule has 190 valence electrons. The lowest BCUT2D eigenvalue weighted by Gasteiger charge is -2.16. The molecule has 1 saturated carbocycles. The van der Waals surface area contributed by atoms with Crippen molar-refractivity contribution in [3.63, 3.8) is 0 Å². The Morgan fingerprint density at radius 1 is 1.03 bits per heavy atom. The fourth-order valence-electron chi connectivity index (χ4n) is 5.99. The fourth-order valence-corrected chi connectivity index (χ4v) is 6.26. The Hall–Kier alpha value is -3.96. The lowest BCUT2D eigenvalue weighted by atomic mass is 9.88. The maximum absolute atomic E-state index is 13.8. The Balaban J connectivity index is 1.41. The van der Waals surface area contributed by atoms with E-state index in [-0.39, 0.29) is 18.2 Å². The third-order valence-electron chi connectivity index (χ3n) is 8.09. The number of nitrogens with zero attached hydrogens (tertiary/aromatic N) is 2. The third kappa shape index (κ3) is 3.81. The maximum atomic E-state index is 13.8. The van der Waals surface area contributed by atoms with Gasteiger partial charge >= 0.3 is 5.97 Å². The topological polar surface area (TPSA) is 70.5 Å². The van der Waals surface area contributed by atoms with Gasteiger partial charge < -0.3 is 10.0 Å². The van der Waals surface area contributed by atoms with Crippen LogP contribution < -0.4 is 4.90 Å². The van der Waals surface area contributed by atoms with Crippen molar-refractivity contribution in [3.8, 4) is 22.3 Å². The highest BCUT2D eigenvalue weighted by atomic mass is 35.5. The zero-order valence-electron chi connectivity index (χ0n) is 21.2. The Bertz CT molecular complexity index is 1580. The van der Waals surface area contributed by atoms with E-state index in [0.717, 1.165) is 50.2 Å². The van der Waals surface area contributed by atoms with Gasteiger partial charge in [0.1, 0.15) is 0 Å². The number of amides is 1. The Morgan fingerprint density at radius 3 is 2.39 bits per heavy atom. The van der Waals surface area contributed by atoms with Gasteiger partial charge in [-0.3, -0.25) is 14.6 Å². The number of pyridine rings is 1. The number of benzene rings is 3. The first-order valence-electron chi connectivity index (χ1n) is 12.8. The quantitative estimate of drug-likeness (QED) is 0.302. The van der Waals surface area contributed by atoms with Crippen molar-refractivity contribution in [2.45, 2.75) is 38.0 Å². The summed E-state index contributed by atoms with van der Waals surface area (Å²) >= 11 is 6.82. The molecule has 2 atom stereocenters. The highest BCUT2D eigenvalue weighted by molar-refractivity contribution is 6.34. The smallest absolute Gasteiger partial charge is 0.307 e. The molecule has 1 amide bonds. The van der Waals surface area contributed by atoms with E-state index in [0.29, 0.717) is 18.0 Å². The van der Waals surface area contributed by atoms with Gasteiger partial charge in [0.2, 0.25) is 5.91 Å². The number of carbonyl (C=O) groups excluding carboxylic acids is 1. The number of rotatable bonds is 6. The first kappa shape index (κ1) is 24.4. The van der Waals surface area contributed by atoms with Crippen LogP contribution in [0.3, 0.4) is 0 Å². The highest BCUT2D eigenvalue weighted by Crippen LogP contribution is 2.67. The van der Waals surface area contributed by atoms with Gasteiger partial charge in [0.05, 0.1) is 16.9 Å². The van der Waals surface area contributed by atoms with Crippen molar-refractivity contribution in [1.82, 2.24) is 4.98 Å². The van der Waals surface area contributed by atoms with Crippen LogP contribution in [-0.4, -0.2) is 28.5 Å². The molecular formula is C32H27ClN2O3. The molecule has 5 nitrogen and oxygen atoms in total. The van der Waals surface area contributed by atoms with Crippen LogP contribution in [0.1, 0.15) is 41.5 Å². The molecule has 2 aliphatic rings. The van der Waals surface area contributed by atoms with Crippen LogP contribution in [0.2, 0.25) is 5.02 Å². The van der Waals surface area contributed by atoms with E-state index in [1.807, 2.05) is 55.1 Å². The lowest BCUT2D eigenvalue weighted by molar-refractivity contribution is -0.136. The van der Waals surface area contributed by atoms with Gasteiger partial charge in [0.15, 0.2) is 0 Å². The van der Waals surface area contributed by atoms with Crippen molar-refractivity contribution < 1.29 is 14.7 Å². The molecule has 4 aromatic rings. The van der Waals surface area contributed by atoms with Crippen molar-refractivity contribution in [2.24, 2.45) is 0 Å². The minimum atomic E-state index is -0.857. The summed E-state index contributed by atoms with van der Waals surface area (Å²) in [5, 5.41) is 9.96. The number of anilines is 1. The lowest BCUT2D eigenvalue weighted by Crippen LogP contribution is -2.32. The molecule has 2 unspecified atom stereocenters. The van der Waals surface area contributed by atoms with Crippen LogP contribution >= 0.6 is 11.6 Å². The van der Waals surface area contributed by atoms with Crippen molar-refractivity contribution >= 4 is 29.2 Å². The summed E-state index contributed by atoms with van der Waals surface area (Å²) in [6.07, 6.45) is 4.23. The Labute approximate surface area is 226 Å². The predicted octanol–water partition coefficient (Wildman–Crippen LogP) is 6.80. The molecule has 6 rings (SSSR count). The van der Waals surface area contributed by atoms with E-state index in [1.165, 1.54) is 0 Å². The second-order valence-electron chi connectivity index (χ2n) is 10.2. The average Bonchev–Trinajstić information content (AvgIpc) is 3.62. The second-order valence-corrected chi connectivity index (χ2v) is 10.6. The van der Waals surface area contributed by atoms with E-state index in [2.05, 4.69) is 35.3 Å². The molecule has 1 fully saturated rings. The molecule has 2 heterocycles. The molecule has 1 aliphatic carbocycles. The zero-order valence-corrected chi connectivity index (χ0v) is 22.0. The molecule has 3 aromatic carbocycles. The van der Waals surface area contributed by atoms with Crippen molar-refractivity contribution in [2.75, 3.05) is 11.4 Å². The standard InChI is InChI=1S/C32H27ClN2O3/c1-3-35-29-17-28(33)25(22-8-6-20(7-9-22)21-10-12-34-13-11-21)16-26(29)32(31(35)38)18-27(32)23-5-4-19(2)24(14-23)15-30(36)37/h4-14,16-17,27H,3,15,18H2,1-2H3,(H,36,37). The number of aromatic nitrogens is 1. The Morgan fingerprint density at radius 2 is 1.71 bits per heavy atom. The number of hydrogen-bond acceptors (Lipinski definition) is 3. The fraction of sp³-hybridized carbons (Fsp3) is 0.219. The summed E-state index contributed by atoms with van der Waals surface area (Å²) < 4.78 is 0. The summed E-state index contributed by atoms with van der Waals surface area (Å²) in [4.78, 5) is 31.2. The number of fused-ring (bicyclic) bond motifs is 2. The van der Waals surface area contributed by atoms with Crippen molar-refractivity contribution in [1.29, 1.82) is 0 Å². The molecule has 0 radical (unpaired) electrons. The van der Waals surface area contributed by atoms with E-state index in [9.17, 15) is 14.7 Å². The number of carbonyl (C=O) groups is 2. The van der Waals surface area contributed by atoms with Gasteiger partial charge in [-0.1, -0.05) is 54.1 Å². The number of likely N-dealkylation sites (N-methyl/N-ethyl adjacent to an activating group) is 1. The molecule has 6 heteroatoms. The number of aryl methyl sites for hydroxylation is 1. The minimum absolute atomic E-state index is 0.00142. The van der Waals surface area contributed by atoms with E-state index in [4.69, 9.17) is 11.6 Å². The van der Waals surface area contributed by atoms with Crippen LogP contribution in [0.15, 0.2) is 79.1 Å². The van der Waals surface area contributed by atoms with E-state index in [1.54, 1.807) is 12.4 Å². The number of carboxylic acids is 1. The van der Waals surface area contributed by atoms with E-state index < -0.39 is 11.4 Å². The molecule has 0 saturated heterocycles. The Kier molecular flexibility index (Phi) is 5.84. The van der Waals surface area contributed by atoms with Gasteiger partial charge in [-0.25, -0.2) is 0 Å². The van der Waals surface area contributed by atoms with Crippen LogP contribution in [-0.2, 0) is 21.4 Å². The van der Waals surface area contributed by atoms with Crippen molar-refractivity contribution in [3.05, 3.63) is 106 Å². The largest absolute Gasteiger partial charge is 0.481 e.